The first-order valence-electron chi connectivity index (χ1n) is 17.4. The highest BCUT2D eigenvalue weighted by atomic mass is 16.5. The highest BCUT2D eigenvalue weighted by Crippen LogP contribution is 2.64. The summed E-state index contributed by atoms with van der Waals surface area (Å²) in [5.74, 6) is 2.16. The smallest absolute Gasteiger partial charge is 0.160 e. The summed E-state index contributed by atoms with van der Waals surface area (Å²) in [5.41, 5.74) is 13.1. The molecule has 4 nitrogen and oxygen atoms in total. The summed E-state index contributed by atoms with van der Waals surface area (Å²) in [6, 6.07) is 62.8. The lowest BCUT2D eigenvalue weighted by molar-refractivity contribution is 0.439. The van der Waals surface area contributed by atoms with Crippen molar-refractivity contribution in [3.8, 4) is 73.7 Å². The fourth-order valence-electron chi connectivity index (χ4n) is 8.19. The Balaban J connectivity index is 1.30. The van der Waals surface area contributed by atoms with E-state index in [-0.39, 0.29) is 0 Å². The van der Waals surface area contributed by atoms with Crippen LogP contribution in [0.1, 0.15) is 27.8 Å². The lowest BCUT2D eigenvalue weighted by atomic mass is 9.65. The van der Waals surface area contributed by atoms with Crippen molar-refractivity contribution < 1.29 is 4.74 Å². The Labute approximate surface area is 301 Å². The summed E-state index contributed by atoms with van der Waals surface area (Å²) in [6.45, 7) is 0. The second kappa shape index (κ2) is 11.8. The van der Waals surface area contributed by atoms with Gasteiger partial charge in [-0.1, -0.05) is 152 Å². The first-order valence-corrected chi connectivity index (χ1v) is 17.4. The summed E-state index contributed by atoms with van der Waals surface area (Å²) in [5, 5.41) is 9.84. The molecule has 1 aromatic heterocycles. The summed E-state index contributed by atoms with van der Waals surface area (Å²) >= 11 is 0. The first-order chi connectivity index (χ1) is 25.7. The van der Waals surface area contributed by atoms with Gasteiger partial charge in [0.05, 0.1) is 28.4 Å². The molecule has 1 aliphatic carbocycles. The predicted molar refractivity (Wildman–Crippen MR) is 206 cm³/mol. The molecule has 7 aromatic carbocycles. The SMILES string of the molecule is N#Cc1cccc(-c2cccc3c2Oc2c(-c4cc(-c5ccccc5)nc(-c5ccccc5)n4)cccc2C32c3ccccc3-c3ccccc32)c1. The van der Waals surface area contributed by atoms with Crippen LogP contribution in [0.5, 0.6) is 11.5 Å². The zero-order chi connectivity index (χ0) is 34.6. The summed E-state index contributed by atoms with van der Waals surface area (Å²) in [7, 11) is 0. The molecule has 4 heteroatoms. The van der Waals surface area contributed by atoms with Gasteiger partial charge in [-0.3, -0.25) is 0 Å². The van der Waals surface area contributed by atoms with Crippen molar-refractivity contribution in [2.45, 2.75) is 5.41 Å². The first kappa shape index (κ1) is 29.8. The Morgan fingerprint density at radius 1 is 0.423 bits per heavy atom. The molecule has 0 atom stereocenters. The number of ether oxygens (including phenoxy) is 1. The molecule has 0 saturated carbocycles. The Morgan fingerprint density at radius 3 is 1.60 bits per heavy atom. The van der Waals surface area contributed by atoms with Gasteiger partial charge in [0, 0.05) is 33.4 Å². The highest BCUT2D eigenvalue weighted by Gasteiger charge is 2.52. The fraction of sp³-hybridized carbons (Fsp3) is 0.0208. The van der Waals surface area contributed by atoms with Crippen LogP contribution in [0.3, 0.4) is 0 Å². The van der Waals surface area contributed by atoms with Gasteiger partial charge in [0.25, 0.3) is 0 Å². The van der Waals surface area contributed by atoms with Gasteiger partial charge >= 0.3 is 0 Å². The van der Waals surface area contributed by atoms with E-state index in [1.165, 1.54) is 22.3 Å². The maximum Gasteiger partial charge on any atom is 0.160 e. The van der Waals surface area contributed by atoms with E-state index in [2.05, 4.69) is 109 Å². The molecular weight excluding hydrogens is 635 g/mol. The van der Waals surface area contributed by atoms with E-state index in [0.717, 1.165) is 61.8 Å². The van der Waals surface area contributed by atoms with Gasteiger partial charge in [-0.15, -0.1) is 0 Å². The zero-order valence-electron chi connectivity index (χ0n) is 28.0. The maximum atomic E-state index is 9.84. The number of benzene rings is 7. The quantitative estimate of drug-likeness (QED) is 0.188. The fourth-order valence-corrected chi connectivity index (χ4v) is 8.19. The molecule has 0 N–H and O–H groups in total. The van der Waals surface area contributed by atoms with Crippen LogP contribution in [0, 0.1) is 11.3 Å². The van der Waals surface area contributed by atoms with Crippen molar-refractivity contribution in [3.05, 3.63) is 204 Å². The molecule has 0 fully saturated rings. The summed E-state index contributed by atoms with van der Waals surface area (Å²) in [6.07, 6.45) is 0. The van der Waals surface area contributed by atoms with Crippen molar-refractivity contribution in [2.75, 3.05) is 0 Å². The largest absolute Gasteiger partial charge is 0.455 e. The van der Waals surface area contributed by atoms with Crippen LogP contribution in [0.15, 0.2) is 176 Å². The van der Waals surface area contributed by atoms with Gasteiger partial charge in [-0.05, 0) is 52.1 Å². The van der Waals surface area contributed by atoms with Crippen LogP contribution in [-0.4, -0.2) is 9.97 Å². The van der Waals surface area contributed by atoms with E-state index in [1.807, 2.05) is 72.8 Å². The molecule has 0 unspecified atom stereocenters. The molecule has 10 rings (SSSR count). The molecule has 2 heterocycles. The van der Waals surface area contributed by atoms with E-state index in [4.69, 9.17) is 14.7 Å². The van der Waals surface area contributed by atoms with Crippen molar-refractivity contribution in [1.82, 2.24) is 9.97 Å². The second-order valence-corrected chi connectivity index (χ2v) is 13.2. The van der Waals surface area contributed by atoms with Crippen LogP contribution in [-0.2, 0) is 5.41 Å². The minimum atomic E-state index is -0.674. The van der Waals surface area contributed by atoms with Crippen LogP contribution >= 0.6 is 0 Å². The normalized spacial score (nSPS) is 12.9. The molecule has 1 aliphatic heterocycles. The maximum absolute atomic E-state index is 9.84. The lowest BCUT2D eigenvalue weighted by Gasteiger charge is -2.40. The van der Waals surface area contributed by atoms with Crippen LogP contribution in [0.25, 0.3) is 56.2 Å². The van der Waals surface area contributed by atoms with Gasteiger partial charge < -0.3 is 4.74 Å². The third kappa shape index (κ3) is 4.40. The molecule has 0 saturated heterocycles. The lowest BCUT2D eigenvalue weighted by Crippen LogP contribution is -2.32. The zero-order valence-corrected chi connectivity index (χ0v) is 28.0. The molecule has 0 amide bonds. The third-order valence-electron chi connectivity index (χ3n) is 10.4. The van der Waals surface area contributed by atoms with E-state index in [1.54, 1.807) is 0 Å². The number of hydrogen-bond acceptors (Lipinski definition) is 4. The van der Waals surface area contributed by atoms with Gasteiger partial charge in [-0.25, -0.2) is 9.97 Å². The number of nitriles is 1. The summed E-state index contributed by atoms with van der Waals surface area (Å²) < 4.78 is 7.29. The second-order valence-electron chi connectivity index (χ2n) is 13.2. The molecule has 52 heavy (non-hydrogen) atoms. The molecule has 8 aromatic rings. The Bertz CT molecular complexity index is 2630. The number of aromatic nitrogens is 2. The number of rotatable bonds is 4. The van der Waals surface area contributed by atoms with E-state index >= 15 is 0 Å². The molecule has 242 valence electrons. The van der Waals surface area contributed by atoms with Crippen LogP contribution in [0.4, 0.5) is 0 Å². The number of para-hydroxylation sites is 2. The molecule has 0 bridgehead atoms. The van der Waals surface area contributed by atoms with E-state index in [0.29, 0.717) is 11.4 Å². The van der Waals surface area contributed by atoms with E-state index in [9.17, 15) is 5.26 Å². The molecule has 2 aliphatic rings. The van der Waals surface area contributed by atoms with Crippen molar-refractivity contribution in [3.63, 3.8) is 0 Å². The van der Waals surface area contributed by atoms with E-state index < -0.39 is 5.41 Å². The van der Waals surface area contributed by atoms with Gasteiger partial charge in [-0.2, -0.15) is 5.26 Å². The average molecular weight is 664 g/mol. The number of fused-ring (bicyclic) bond motifs is 9. The van der Waals surface area contributed by atoms with Gasteiger partial charge in [0.15, 0.2) is 5.82 Å². The minimum Gasteiger partial charge on any atom is -0.455 e. The van der Waals surface area contributed by atoms with Crippen molar-refractivity contribution in [1.29, 1.82) is 5.26 Å². The van der Waals surface area contributed by atoms with Crippen molar-refractivity contribution in [2.24, 2.45) is 0 Å². The molecule has 1 spiro atoms. The minimum absolute atomic E-state index is 0.598. The van der Waals surface area contributed by atoms with Gasteiger partial charge in [0.1, 0.15) is 11.5 Å². The third-order valence-corrected chi connectivity index (χ3v) is 10.4. The van der Waals surface area contributed by atoms with Gasteiger partial charge in [0.2, 0.25) is 0 Å². The Morgan fingerprint density at radius 2 is 0.923 bits per heavy atom. The molecular formula is C48H29N3O. The number of hydrogen-bond donors (Lipinski definition) is 0. The van der Waals surface area contributed by atoms with Crippen LogP contribution < -0.4 is 4.74 Å². The topological polar surface area (TPSA) is 58.8 Å². The Kier molecular flexibility index (Phi) is 6.74. The number of nitrogens with zero attached hydrogens (tertiary/aromatic N) is 3. The Hall–Kier alpha value is -7.09. The monoisotopic (exact) mass is 663 g/mol. The highest BCUT2D eigenvalue weighted by molar-refractivity contribution is 5.92. The standard InChI is InChI=1S/C48H29N3O/c49-30-31-14-11-19-34(28-31)35-22-12-26-41-45(35)52-46-38(44-29-43(32-15-3-1-4-16-32)50-47(51-44)33-17-5-2-6-18-33)23-13-27-42(46)48(41)39-24-9-7-20-36(39)37-21-8-10-25-40(37)48/h1-29H. The molecule has 0 radical (unpaired) electrons. The summed E-state index contributed by atoms with van der Waals surface area (Å²) in [4.78, 5) is 10.3. The van der Waals surface area contributed by atoms with Crippen LogP contribution in [0.2, 0.25) is 0 Å². The van der Waals surface area contributed by atoms with Crippen molar-refractivity contribution >= 4 is 0 Å². The predicted octanol–water partition coefficient (Wildman–Crippen LogP) is 11.5. The average Bonchev–Trinajstić information content (AvgIpc) is 3.51.